The smallest absolute Gasteiger partial charge is 0.254 e. The molecular weight excluding hydrogens is 328 g/mol. The average molecular weight is 354 g/mol. The summed E-state index contributed by atoms with van der Waals surface area (Å²) in [4.78, 5) is 26.1. The van der Waals surface area contributed by atoms with Crippen LogP contribution in [0.2, 0.25) is 0 Å². The number of nitrogens with zero attached hydrogens (tertiary/aromatic N) is 4. The van der Waals surface area contributed by atoms with Crippen LogP contribution in [0, 0.1) is 0 Å². The lowest BCUT2D eigenvalue weighted by Gasteiger charge is -2.24. The Morgan fingerprint density at radius 2 is 2.04 bits per heavy atom. The molecule has 0 saturated carbocycles. The van der Waals surface area contributed by atoms with Crippen molar-refractivity contribution < 1.29 is 9.53 Å². The molecule has 1 aromatic carbocycles. The molecule has 26 heavy (non-hydrogen) atoms. The fraction of sp³-hybridized carbons (Fsp3) is 0.450. The van der Waals surface area contributed by atoms with E-state index in [0.717, 1.165) is 43.0 Å². The van der Waals surface area contributed by atoms with E-state index in [9.17, 15) is 4.79 Å². The predicted octanol–water partition coefficient (Wildman–Crippen LogP) is 2.66. The third-order valence-electron chi connectivity index (χ3n) is 4.53. The van der Waals surface area contributed by atoms with E-state index in [2.05, 4.69) is 9.88 Å². The Balaban J connectivity index is 1.78. The molecule has 0 unspecified atom stereocenters. The number of carbonyl (C=O) groups is 1. The molecule has 1 aliphatic rings. The minimum Gasteiger partial charge on any atom is -0.380 e. The molecule has 0 radical (unpaired) electrons. The molecule has 1 atom stereocenters. The fourth-order valence-electron chi connectivity index (χ4n) is 3.34. The molecule has 1 aliphatic heterocycles. The molecule has 1 saturated heterocycles. The topological polar surface area (TPSA) is 58.6 Å². The fourth-order valence-corrected chi connectivity index (χ4v) is 3.34. The van der Waals surface area contributed by atoms with E-state index >= 15 is 0 Å². The van der Waals surface area contributed by atoms with Gasteiger partial charge in [-0.3, -0.25) is 4.79 Å². The van der Waals surface area contributed by atoms with Gasteiger partial charge in [-0.1, -0.05) is 12.1 Å². The highest BCUT2D eigenvalue weighted by Crippen LogP contribution is 2.31. The van der Waals surface area contributed by atoms with Gasteiger partial charge in [0.05, 0.1) is 18.3 Å². The van der Waals surface area contributed by atoms with Crippen LogP contribution in [-0.2, 0) is 17.9 Å². The first-order valence-electron chi connectivity index (χ1n) is 8.94. The SMILES string of the molecule is COCc1ccc(C(=O)N2CCC[C@@H]2c2nccc(CN(C)C)n2)cc1. The number of aromatic nitrogens is 2. The predicted molar refractivity (Wildman–Crippen MR) is 99.6 cm³/mol. The molecule has 1 amide bonds. The van der Waals surface area contributed by atoms with Crippen molar-refractivity contribution in [2.45, 2.75) is 32.0 Å². The Morgan fingerprint density at radius 3 is 2.73 bits per heavy atom. The lowest BCUT2D eigenvalue weighted by atomic mass is 10.1. The third kappa shape index (κ3) is 4.26. The van der Waals surface area contributed by atoms with E-state index in [1.54, 1.807) is 13.3 Å². The normalized spacial score (nSPS) is 17.1. The van der Waals surface area contributed by atoms with E-state index in [1.807, 2.05) is 49.3 Å². The first-order chi connectivity index (χ1) is 12.6. The van der Waals surface area contributed by atoms with Gasteiger partial charge in [0.15, 0.2) is 5.82 Å². The lowest BCUT2D eigenvalue weighted by Crippen LogP contribution is -2.31. The first-order valence-corrected chi connectivity index (χ1v) is 8.94. The van der Waals surface area contributed by atoms with Crippen molar-refractivity contribution in [3.63, 3.8) is 0 Å². The van der Waals surface area contributed by atoms with Crippen LogP contribution < -0.4 is 0 Å². The van der Waals surface area contributed by atoms with Crippen molar-refractivity contribution in [2.24, 2.45) is 0 Å². The first kappa shape index (κ1) is 18.5. The summed E-state index contributed by atoms with van der Waals surface area (Å²) < 4.78 is 5.13. The van der Waals surface area contributed by atoms with Gasteiger partial charge in [0.1, 0.15) is 0 Å². The van der Waals surface area contributed by atoms with Gasteiger partial charge < -0.3 is 14.5 Å². The summed E-state index contributed by atoms with van der Waals surface area (Å²) in [7, 11) is 5.69. The number of hydrogen-bond donors (Lipinski definition) is 0. The number of ether oxygens (including phenoxy) is 1. The summed E-state index contributed by atoms with van der Waals surface area (Å²) in [6.45, 7) is 2.05. The maximum Gasteiger partial charge on any atom is 0.254 e. The lowest BCUT2D eigenvalue weighted by molar-refractivity contribution is 0.0729. The monoisotopic (exact) mass is 354 g/mol. The van der Waals surface area contributed by atoms with Crippen molar-refractivity contribution in [3.05, 3.63) is 59.2 Å². The number of carbonyl (C=O) groups excluding carboxylic acids is 1. The number of methoxy groups -OCH3 is 1. The van der Waals surface area contributed by atoms with Crippen LogP contribution in [0.5, 0.6) is 0 Å². The molecule has 138 valence electrons. The maximum atomic E-state index is 13.0. The Morgan fingerprint density at radius 1 is 1.27 bits per heavy atom. The summed E-state index contributed by atoms with van der Waals surface area (Å²) in [6, 6.07) is 9.50. The van der Waals surface area contributed by atoms with Crippen molar-refractivity contribution in [1.82, 2.24) is 19.8 Å². The molecule has 1 aromatic heterocycles. The Bertz CT molecular complexity index is 746. The van der Waals surface area contributed by atoms with Gasteiger partial charge in [-0.2, -0.15) is 0 Å². The van der Waals surface area contributed by atoms with Crippen LogP contribution in [0.1, 0.15) is 46.3 Å². The molecule has 0 N–H and O–H groups in total. The minimum absolute atomic E-state index is 0.0399. The molecule has 6 nitrogen and oxygen atoms in total. The third-order valence-corrected chi connectivity index (χ3v) is 4.53. The van der Waals surface area contributed by atoms with Gasteiger partial charge in [-0.05, 0) is 50.7 Å². The Kier molecular flexibility index (Phi) is 5.96. The van der Waals surface area contributed by atoms with E-state index in [4.69, 9.17) is 9.72 Å². The van der Waals surface area contributed by atoms with Gasteiger partial charge in [-0.15, -0.1) is 0 Å². The molecule has 0 spiro atoms. The van der Waals surface area contributed by atoms with Crippen molar-refractivity contribution >= 4 is 5.91 Å². The van der Waals surface area contributed by atoms with Crippen LogP contribution in [0.3, 0.4) is 0 Å². The van der Waals surface area contributed by atoms with Crippen molar-refractivity contribution in [1.29, 1.82) is 0 Å². The number of likely N-dealkylation sites (tertiary alicyclic amines) is 1. The molecule has 1 fully saturated rings. The van der Waals surface area contributed by atoms with Gasteiger partial charge in [0.25, 0.3) is 5.91 Å². The number of rotatable bonds is 6. The maximum absolute atomic E-state index is 13.0. The van der Waals surface area contributed by atoms with Crippen molar-refractivity contribution in [2.75, 3.05) is 27.7 Å². The van der Waals surface area contributed by atoms with Crippen molar-refractivity contribution in [3.8, 4) is 0 Å². The minimum atomic E-state index is -0.0525. The highest BCUT2D eigenvalue weighted by molar-refractivity contribution is 5.94. The van der Waals surface area contributed by atoms with E-state index in [0.29, 0.717) is 12.2 Å². The highest BCUT2D eigenvalue weighted by Gasteiger charge is 2.32. The molecule has 6 heteroatoms. The standard InChI is InChI=1S/C20H26N4O2/c1-23(2)13-17-10-11-21-19(22-17)18-5-4-12-24(18)20(25)16-8-6-15(7-9-16)14-26-3/h6-11,18H,4-5,12-14H2,1-3H3/t18-/m1/s1. The second-order valence-electron chi connectivity index (χ2n) is 6.93. The zero-order valence-corrected chi connectivity index (χ0v) is 15.7. The van der Waals surface area contributed by atoms with Crippen LogP contribution >= 0.6 is 0 Å². The summed E-state index contributed by atoms with van der Waals surface area (Å²) in [5.74, 6) is 0.782. The van der Waals surface area contributed by atoms with Crippen LogP contribution in [0.15, 0.2) is 36.5 Å². The summed E-state index contributed by atoms with van der Waals surface area (Å²) in [5, 5.41) is 0. The van der Waals surface area contributed by atoms with Gasteiger partial charge in [0, 0.05) is 32.0 Å². The average Bonchev–Trinajstić information content (AvgIpc) is 3.11. The molecule has 0 aliphatic carbocycles. The highest BCUT2D eigenvalue weighted by atomic mass is 16.5. The summed E-state index contributed by atoms with van der Waals surface area (Å²) >= 11 is 0. The molecule has 0 bridgehead atoms. The second-order valence-corrected chi connectivity index (χ2v) is 6.93. The van der Waals surface area contributed by atoms with Gasteiger partial charge >= 0.3 is 0 Å². The summed E-state index contributed by atoms with van der Waals surface area (Å²) in [6.07, 6.45) is 3.67. The van der Waals surface area contributed by atoms with Crippen LogP contribution in [0.4, 0.5) is 0 Å². The van der Waals surface area contributed by atoms with Gasteiger partial charge in [-0.25, -0.2) is 9.97 Å². The van der Waals surface area contributed by atoms with Crippen LogP contribution in [0.25, 0.3) is 0 Å². The molecule has 3 rings (SSSR count). The number of benzene rings is 1. The van der Waals surface area contributed by atoms with E-state index < -0.39 is 0 Å². The summed E-state index contributed by atoms with van der Waals surface area (Å²) in [5.41, 5.74) is 2.73. The Labute approximate surface area is 154 Å². The number of amides is 1. The number of hydrogen-bond acceptors (Lipinski definition) is 5. The quantitative estimate of drug-likeness (QED) is 0.798. The van der Waals surface area contributed by atoms with Crippen LogP contribution in [-0.4, -0.2) is 53.4 Å². The van der Waals surface area contributed by atoms with Gasteiger partial charge in [0.2, 0.25) is 0 Å². The molecule has 2 aromatic rings. The molecule has 2 heterocycles. The second kappa shape index (κ2) is 8.38. The van der Waals surface area contributed by atoms with E-state index in [1.165, 1.54) is 0 Å². The molecular formula is C20H26N4O2. The zero-order valence-electron chi connectivity index (χ0n) is 15.7. The Hall–Kier alpha value is -2.31. The van der Waals surface area contributed by atoms with E-state index in [-0.39, 0.29) is 11.9 Å². The largest absolute Gasteiger partial charge is 0.380 e. The zero-order chi connectivity index (χ0) is 18.5.